The van der Waals surface area contributed by atoms with E-state index in [9.17, 15) is 4.79 Å². The van der Waals surface area contributed by atoms with Gasteiger partial charge in [0.1, 0.15) is 0 Å². The zero-order valence-electron chi connectivity index (χ0n) is 8.40. The van der Waals surface area contributed by atoms with E-state index in [4.69, 9.17) is 0 Å². The molecule has 0 unspecified atom stereocenters. The second-order valence-electron chi connectivity index (χ2n) is 3.19. The molecule has 0 radical (unpaired) electrons. The van der Waals surface area contributed by atoms with Crippen molar-refractivity contribution >= 4 is 16.7 Å². The first-order valence-electron chi connectivity index (χ1n) is 4.80. The van der Waals surface area contributed by atoms with Crippen molar-refractivity contribution in [2.45, 2.75) is 6.92 Å². The summed E-state index contributed by atoms with van der Waals surface area (Å²) in [6, 6.07) is 5.47. The van der Waals surface area contributed by atoms with Crippen molar-refractivity contribution < 1.29 is 4.79 Å². The van der Waals surface area contributed by atoms with E-state index >= 15 is 0 Å². The maximum atomic E-state index is 11.5. The van der Waals surface area contributed by atoms with Crippen LogP contribution < -0.4 is 5.32 Å². The summed E-state index contributed by atoms with van der Waals surface area (Å²) in [5.74, 6) is -0.0591. The van der Waals surface area contributed by atoms with Crippen molar-refractivity contribution in [1.82, 2.24) is 15.5 Å². The molecule has 0 atom stereocenters. The zero-order valence-corrected chi connectivity index (χ0v) is 8.40. The number of nitrogens with zero attached hydrogens (tertiary/aromatic N) is 2. The molecule has 0 aliphatic carbocycles. The molecular weight excluding hydrogens is 190 g/mol. The molecule has 1 amide bonds. The van der Waals surface area contributed by atoms with Gasteiger partial charge in [0, 0.05) is 22.9 Å². The first-order valence-corrected chi connectivity index (χ1v) is 4.80. The number of hydrogen-bond acceptors (Lipinski definition) is 3. The van der Waals surface area contributed by atoms with Crippen LogP contribution in [0.3, 0.4) is 0 Å². The van der Waals surface area contributed by atoms with E-state index in [1.165, 1.54) is 0 Å². The van der Waals surface area contributed by atoms with Crippen LogP contribution in [0.2, 0.25) is 0 Å². The molecule has 2 aromatic rings. The van der Waals surface area contributed by atoms with Crippen LogP contribution in [-0.4, -0.2) is 22.6 Å². The fourth-order valence-electron chi connectivity index (χ4n) is 1.40. The normalized spacial score (nSPS) is 10.2. The fourth-order valence-corrected chi connectivity index (χ4v) is 1.40. The molecule has 0 spiro atoms. The van der Waals surface area contributed by atoms with Gasteiger partial charge in [0.2, 0.25) is 0 Å². The van der Waals surface area contributed by atoms with Gasteiger partial charge in [0.25, 0.3) is 5.91 Å². The third kappa shape index (κ3) is 1.93. The molecule has 4 nitrogen and oxygen atoms in total. The molecule has 1 aromatic heterocycles. The predicted molar refractivity (Wildman–Crippen MR) is 57.5 cm³/mol. The minimum absolute atomic E-state index is 0.0591. The van der Waals surface area contributed by atoms with Gasteiger partial charge in [0.15, 0.2) is 0 Å². The highest BCUT2D eigenvalue weighted by molar-refractivity contribution is 5.98. The van der Waals surface area contributed by atoms with Crippen LogP contribution in [0.25, 0.3) is 10.8 Å². The van der Waals surface area contributed by atoms with E-state index in [2.05, 4.69) is 15.5 Å². The smallest absolute Gasteiger partial charge is 0.251 e. The first kappa shape index (κ1) is 9.58. The molecule has 0 saturated carbocycles. The van der Waals surface area contributed by atoms with E-state index < -0.39 is 0 Å². The fraction of sp³-hybridized carbons (Fsp3) is 0.182. The Morgan fingerprint density at radius 1 is 1.27 bits per heavy atom. The van der Waals surface area contributed by atoms with E-state index in [-0.39, 0.29) is 5.91 Å². The van der Waals surface area contributed by atoms with Crippen LogP contribution in [0.1, 0.15) is 17.3 Å². The van der Waals surface area contributed by atoms with Crippen LogP contribution in [0.15, 0.2) is 30.6 Å². The summed E-state index contributed by atoms with van der Waals surface area (Å²) in [5, 5.41) is 12.2. The molecule has 15 heavy (non-hydrogen) atoms. The number of nitrogens with one attached hydrogen (secondary N) is 1. The standard InChI is InChI=1S/C11H11N3O/c1-2-12-11(15)8-3-4-9-6-13-14-7-10(9)5-8/h3-7H,2H2,1H3,(H,12,15). The zero-order chi connectivity index (χ0) is 10.7. The van der Waals surface area contributed by atoms with Crippen LogP contribution in [-0.2, 0) is 0 Å². The third-order valence-electron chi connectivity index (χ3n) is 2.15. The van der Waals surface area contributed by atoms with Crippen LogP contribution in [0.4, 0.5) is 0 Å². The van der Waals surface area contributed by atoms with Crippen molar-refractivity contribution in [3.05, 3.63) is 36.2 Å². The van der Waals surface area contributed by atoms with Gasteiger partial charge < -0.3 is 5.32 Å². The Balaban J connectivity index is 2.42. The molecule has 1 N–H and O–H groups in total. The third-order valence-corrected chi connectivity index (χ3v) is 2.15. The van der Waals surface area contributed by atoms with Crippen molar-refractivity contribution in [3.63, 3.8) is 0 Å². The van der Waals surface area contributed by atoms with Gasteiger partial charge >= 0.3 is 0 Å². The second-order valence-corrected chi connectivity index (χ2v) is 3.19. The molecule has 1 aromatic carbocycles. The molecule has 0 fully saturated rings. The lowest BCUT2D eigenvalue weighted by Gasteiger charge is -2.02. The quantitative estimate of drug-likeness (QED) is 0.798. The number of carbonyl (C=O) groups is 1. The van der Waals surface area contributed by atoms with Gasteiger partial charge in [-0.05, 0) is 19.1 Å². The minimum atomic E-state index is -0.0591. The van der Waals surface area contributed by atoms with Crippen LogP contribution >= 0.6 is 0 Å². The van der Waals surface area contributed by atoms with Gasteiger partial charge in [-0.25, -0.2) is 0 Å². The number of carbonyl (C=O) groups excluding carboxylic acids is 1. The largest absolute Gasteiger partial charge is 0.352 e. The minimum Gasteiger partial charge on any atom is -0.352 e. The lowest BCUT2D eigenvalue weighted by molar-refractivity contribution is 0.0956. The average molecular weight is 201 g/mol. The Labute approximate surface area is 87.3 Å². The molecule has 0 saturated heterocycles. The first-order chi connectivity index (χ1) is 7.31. The Bertz CT molecular complexity index is 496. The van der Waals surface area contributed by atoms with Gasteiger partial charge in [-0.15, -0.1) is 0 Å². The van der Waals surface area contributed by atoms with Gasteiger partial charge in [-0.2, -0.15) is 10.2 Å². The number of benzene rings is 1. The molecule has 0 aliphatic heterocycles. The Morgan fingerprint density at radius 3 is 2.73 bits per heavy atom. The van der Waals surface area contributed by atoms with Gasteiger partial charge in [-0.1, -0.05) is 6.07 Å². The summed E-state index contributed by atoms with van der Waals surface area (Å²) in [6.07, 6.45) is 3.33. The maximum Gasteiger partial charge on any atom is 0.251 e. The number of aromatic nitrogens is 2. The number of amides is 1. The molecule has 1 heterocycles. The van der Waals surface area contributed by atoms with Crippen molar-refractivity contribution in [2.75, 3.05) is 6.54 Å². The monoisotopic (exact) mass is 201 g/mol. The van der Waals surface area contributed by atoms with Crippen molar-refractivity contribution in [1.29, 1.82) is 0 Å². The maximum absolute atomic E-state index is 11.5. The average Bonchev–Trinajstić information content (AvgIpc) is 2.29. The Kier molecular flexibility index (Phi) is 2.58. The van der Waals surface area contributed by atoms with Crippen molar-refractivity contribution in [2.24, 2.45) is 0 Å². The van der Waals surface area contributed by atoms with E-state index in [1.54, 1.807) is 18.5 Å². The van der Waals surface area contributed by atoms with Crippen molar-refractivity contribution in [3.8, 4) is 0 Å². The van der Waals surface area contributed by atoms with Crippen LogP contribution in [0.5, 0.6) is 0 Å². The summed E-state index contributed by atoms with van der Waals surface area (Å²) in [4.78, 5) is 11.5. The molecule has 0 bridgehead atoms. The lowest BCUT2D eigenvalue weighted by atomic mass is 10.1. The highest BCUT2D eigenvalue weighted by atomic mass is 16.1. The summed E-state index contributed by atoms with van der Waals surface area (Å²) in [7, 11) is 0. The molecular formula is C11H11N3O. The molecule has 2 rings (SSSR count). The lowest BCUT2D eigenvalue weighted by Crippen LogP contribution is -2.22. The molecule has 0 aliphatic rings. The van der Waals surface area contributed by atoms with E-state index in [0.717, 1.165) is 10.8 Å². The molecule has 76 valence electrons. The summed E-state index contributed by atoms with van der Waals surface area (Å²) < 4.78 is 0. The number of hydrogen-bond donors (Lipinski definition) is 1. The summed E-state index contributed by atoms with van der Waals surface area (Å²) in [6.45, 7) is 2.52. The Hall–Kier alpha value is -1.97. The SMILES string of the molecule is CCNC(=O)c1ccc2cnncc2c1. The summed E-state index contributed by atoms with van der Waals surface area (Å²) >= 11 is 0. The van der Waals surface area contributed by atoms with Crippen LogP contribution in [0, 0.1) is 0 Å². The highest BCUT2D eigenvalue weighted by Gasteiger charge is 2.04. The second kappa shape index (κ2) is 4.04. The van der Waals surface area contributed by atoms with E-state index in [0.29, 0.717) is 12.1 Å². The van der Waals surface area contributed by atoms with Gasteiger partial charge in [-0.3, -0.25) is 4.79 Å². The Morgan fingerprint density at radius 2 is 2.00 bits per heavy atom. The molecule has 4 heteroatoms. The van der Waals surface area contributed by atoms with Gasteiger partial charge in [0.05, 0.1) is 12.4 Å². The number of rotatable bonds is 2. The summed E-state index contributed by atoms with van der Waals surface area (Å²) in [5.41, 5.74) is 0.650. The predicted octanol–water partition coefficient (Wildman–Crippen LogP) is 1.38. The topological polar surface area (TPSA) is 54.9 Å². The highest BCUT2D eigenvalue weighted by Crippen LogP contribution is 2.13. The van der Waals surface area contributed by atoms with E-state index in [1.807, 2.05) is 19.1 Å². The number of fused-ring (bicyclic) bond motifs is 1.